The van der Waals surface area contributed by atoms with Crippen LogP contribution in [0.25, 0.3) is 39.0 Å². The zero-order valence-corrected chi connectivity index (χ0v) is 33.2. The number of rotatable bonds is 14. The Kier molecular flexibility index (Phi) is 10.9. The van der Waals surface area contributed by atoms with Gasteiger partial charge in [0, 0.05) is 39.0 Å². The molecule has 0 saturated heterocycles. The van der Waals surface area contributed by atoms with Crippen LogP contribution in [0.2, 0.25) is 0 Å². The summed E-state index contributed by atoms with van der Waals surface area (Å²) in [5, 5.41) is 4.10. The van der Waals surface area contributed by atoms with Gasteiger partial charge in [0.2, 0.25) is 0 Å². The zero-order chi connectivity index (χ0) is 35.6. The fourth-order valence-corrected chi connectivity index (χ4v) is 12.6. The fraction of sp³-hybridized carbons (Fsp3) is 0.158. The highest BCUT2D eigenvalue weighted by molar-refractivity contribution is 7.87. The maximum Gasteiger partial charge on any atom is 0.296 e. The lowest BCUT2D eigenvalue weighted by Crippen LogP contribution is -2.09. The molecular formula is C38H32O6S7. The van der Waals surface area contributed by atoms with Gasteiger partial charge in [0.1, 0.15) is 0 Å². The second-order valence-corrected chi connectivity index (χ2v) is 20.0. The molecule has 2 aromatic carbocycles. The van der Waals surface area contributed by atoms with E-state index in [-0.39, 0.29) is 23.0 Å². The molecule has 0 spiro atoms. The minimum atomic E-state index is -3.89. The normalized spacial score (nSPS) is 12.1. The Labute approximate surface area is 318 Å². The summed E-state index contributed by atoms with van der Waals surface area (Å²) in [4.78, 5) is 9.14. The molecule has 6 nitrogen and oxygen atoms in total. The van der Waals surface area contributed by atoms with Crippen LogP contribution >= 0.6 is 56.7 Å². The lowest BCUT2D eigenvalue weighted by molar-refractivity contribution is 0.321. The van der Waals surface area contributed by atoms with E-state index in [1.807, 2.05) is 36.7 Å². The van der Waals surface area contributed by atoms with E-state index in [2.05, 4.69) is 36.4 Å². The number of hydrogen-bond acceptors (Lipinski definition) is 11. The van der Waals surface area contributed by atoms with Crippen LogP contribution < -0.4 is 0 Å². The Morgan fingerprint density at radius 2 is 0.902 bits per heavy atom. The topological polar surface area (TPSA) is 86.7 Å². The second-order valence-electron chi connectivity index (χ2n) is 11.7. The van der Waals surface area contributed by atoms with Crippen LogP contribution in [0.1, 0.15) is 22.3 Å². The van der Waals surface area contributed by atoms with Gasteiger partial charge < -0.3 is 0 Å². The van der Waals surface area contributed by atoms with Gasteiger partial charge in [-0.25, -0.2) is 0 Å². The number of benzene rings is 2. The van der Waals surface area contributed by atoms with Crippen molar-refractivity contribution >= 4 is 76.9 Å². The van der Waals surface area contributed by atoms with E-state index >= 15 is 0 Å². The third-order valence-electron chi connectivity index (χ3n) is 8.04. The van der Waals surface area contributed by atoms with Crippen LogP contribution in [0.15, 0.2) is 118 Å². The van der Waals surface area contributed by atoms with Crippen LogP contribution in [-0.2, 0) is 41.4 Å². The Morgan fingerprint density at radius 3 is 1.27 bits per heavy atom. The highest BCUT2D eigenvalue weighted by Crippen LogP contribution is 2.47. The van der Waals surface area contributed by atoms with Crippen molar-refractivity contribution in [1.29, 1.82) is 0 Å². The van der Waals surface area contributed by atoms with Crippen LogP contribution in [0.5, 0.6) is 0 Å². The predicted molar refractivity (Wildman–Crippen MR) is 214 cm³/mol. The molecule has 7 aromatic rings. The monoisotopic (exact) mass is 808 g/mol. The van der Waals surface area contributed by atoms with Gasteiger partial charge in [0.05, 0.1) is 23.0 Å². The van der Waals surface area contributed by atoms with Crippen molar-refractivity contribution in [2.75, 3.05) is 13.2 Å². The van der Waals surface area contributed by atoms with Crippen molar-refractivity contribution in [3.63, 3.8) is 0 Å². The first-order valence-corrected chi connectivity index (χ1v) is 22.9. The summed E-state index contributed by atoms with van der Waals surface area (Å²) in [6, 6.07) is 30.1. The Hall–Kier alpha value is -3.24. The van der Waals surface area contributed by atoms with Gasteiger partial charge in [-0.3, -0.25) is 8.37 Å². The summed E-state index contributed by atoms with van der Waals surface area (Å²) in [5.41, 5.74) is 4.00. The number of thiophene rings is 5. The lowest BCUT2D eigenvalue weighted by Gasteiger charge is -2.07. The third-order valence-corrected chi connectivity index (χ3v) is 16.6. The molecule has 5 heterocycles. The highest BCUT2D eigenvalue weighted by Gasteiger charge is 2.21. The van der Waals surface area contributed by atoms with Crippen molar-refractivity contribution in [2.45, 2.75) is 36.5 Å². The van der Waals surface area contributed by atoms with Gasteiger partial charge in [-0.1, -0.05) is 47.5 Å². The first-order valence-electron chi connectivity index (χ1n) is 15.9. The molecule has 51 heavy (non-hydrogen) atoms. The molecule has 262 valence electrons. The predicted octanol–water partition coefficient (Wildman–Crippen LogP) is 11.2. The molecule has 0 saturated carbocycles. The maximum atomic E-state index is 12.9. The van der Waals surface area contributed by atoms with E-state index in [0.29, 0.717) is 12.8 Å². The van der Waals surface area contributed by atoms with Crippen molar-refractivity contribution in [3.05, 3.63) is 130 Å². The molecule has 0 amide bonds. The van der Waals surface area contributed by atoms with E-state index < -0.39 is 20.2 Å². The van der Waals surface area contributed by atoms with Gasteiger partial charge in [-0.2, -0.15) is 16.8 Å². The number of aryl methyl sites for hydroxylation is 2. The molecule has 5 aromatic heterocycles. The Balaban J connectivity index is 1.15. The fourth-order valence-electron chi connectivity index (χ4n) is 5.38. The quantitative estimate of drug-likeness (QED) is 0.102. The molecule has 0 aliphatic rings. The van der Waals surface area contributed by atoms with E-state index in [0.717, 1.165) is 61.3 Å². The van der Waals surface area contributed by atoms with E-state index in [4.69, 9.17) is 8.37 Å². The van der Waals surface area contributed by atoms with Gasteiger partial charge in [0.15, 0.2) is 0 Å². The Bertz CT molecular complexity index is 2280. The van der Waals surface area contributed by atoms with Crippen molar-refractivity contribution in [2.24, 2.45) is 0 Å². The standard InChI is InChI=1S/C38H32O6S7/c1-25-7-11-29(12-8-25)50(39,40)43-19-17-27-23-35(31-5-3-21-45-31)48-37(27)33-15-16-34(47-33)38-28(24-36(49-38)32-6-4-22-46-32)18-20-44-51(41,42)30-13-9-26(2)10-14-30/h3-16,21-24H,17-20H2,1-2H3. The van der Waals surface area contributed by atoms with Gasteiger partial charge >= 0.3 is 0 Å². The van der Waals surface area contributed by atoms with Crippen molar-refractivity contribution in [3.8, 4) is 39.0 Å². The van der Waals surface area contributed by atoms with Gasteiger partial charge in [-0.15, -0.1) is 56.7 Å². The summed E-state index contributed by atoms with van der Waals surface area (Å²) in [6.45, 7) is 3.86. The molecular weight excluding hydrogens is 777 g/mol. The highest BCUT2D eigenvalue weighted by atomic mass is 32.2. The first-order chi connectivity index (χ1) is 24.6. The SMILES string of the molecule is Cc1ccc(S(=O)(=O)OCCc2cc(-c3cccs3)sc2-c2ccc(-c3sc(-c4cccs4)cc3CCOS(=O)(=O)c3ccc(C)cc3)s2)cc1. The summed E-state index contributed by atoms with van der Waals surface area (Å²) in [6.07, 6.45) is 0.851. The molecule has 0 aliphatic heterocycles. The molecule has 13 heteroatoms. The molecule has 0 unspecified atom stereocenters. The Morgan fingerprint density at radius 1 is 0.490 bits per heavy atom. The molecule has 7 rings (SSSR count). The third kappa shape index (κ3) is 8.38. The summed E-state index contributed by atoms with van der Waals surface area (Å²) < 4.78 is 62.7. The van der Waals surface area contributed by atoms with Crippen LogP contribution in [0.3, 0.4) is 0 Å². The van der Waals surface area contributed by atoms with Crippen LogP contribution in [-0.4, -0.2) is 30.0 Å². The molecule has 0 bridgehead atoms. The second kappa shape index (κ2) is 15.4. The molecule has 0 aliphatic carbocycles. The van der Waals surface area contributed by atoms with Crippen LogP contribution in [0, 0.1) is 13.8 Å². The van der Waals surface area contributed by atoms with E-state index in [1.165, 1.54) is 0 Å². The largest absolute Gasteiger partial charge is 0.296 e. The van der Waals surface area contributed by atoms with Crippen molar-refractivity contribution in [1.82, 2.24) is 0 Å². The minimum absolute atomic E-state index is 0.0206. The zero-order valence-electron chi connectivity index (χ0n) is 27.5. The summed E-state index contributed by atoms with van der Waals surface area (Å²) in [5.74, 6) is 0. The lowest BCUT2D eigenvalue weighted by atomic mass is 10.1. The average Bonchev–Trinajstić information content (AvgIpc) is 3.95. The molecule has 0 atom stereocenters. The van der Waals surface area contributed by atoms with Crippen molar-refractivity contribution < 1.29 is 25.2 Å². The van der Waals surface area contributed by atoms with E-state index in [9.17, 15) is 16.8 Å². The minimum Gasteiger partial charge on any atom is -0.266 e. The smallest absolute Gasteiger partial charge is 0.266 e. The summed E-state index contributed by atoms with van der Waals surface area (Å²) in [7, 11) is -7.77. The molecule has 0 fully saturated rings. The number of hydrogen-bond donors (Lipinski definition) is 0. The van der Waals surface area contributed by atoms with Gasteiger partial charge in [-0.05, 0) is 109 Å². The molecule has 0 radical (unpaired) electrons. The average molecular weight is 809 g/mol. The van der Waals surface area contributed by atoms with Crippen LogP contribution in [0.4, 0.5) is 0 Å². The van der Waals surface area contributed by atoms with Gasteiger partial charge in [0.25, 0.3) is 20.2 Å². The first kappa shape index (κ1) is 36.1. The molecule has 0 N–H and O–H groups in total. The van der Waals surface area contributed by atoms with E-state index in [1.54, 1.807) is 105 Å². The maximum absolute atomic E-state index is 12.9. The summed E-state index contributed by atoms with van der Waals surface area (Å²) >= 11 is 8.39.